The van der Waals surface area contributed by atoms with Crippen LogP contribution < -0.4 is 16.4 Å². The van der Waals surface area contributed by atoms with Crippen molar-refractivity contribution >= 4 is 23.5 Å². The Kier molecular flexibility index (Phi) is 4.30. The van der Waals surface area contributed by atoms with Crippen LogP contribution in [0.2, 0.25) is 5.15 Å². The molecular formula is C18H20ClN5. The third kappa shape index (κ3) is 3.27. The number of aromatic nitrogens is 1. The number of benzene rings is 1. The molecule has 4 N–H and O–H groups in total. The molecule has 1 atom stereocenters. The van der Waals surface area contributed by atoms with Gasteiger partial charge in [-0.3, -0.25) is 5.73 Å². The van der Waals surface area contributed by atoms with E-state index in [4.69, 9.17) is 17.3 Å². The first-order valence-electron chi connectivity index (χ1n) is 7.67. The Morgan fingerprint density at radius 3 is 2.50 bits per heavy atom. The fourth-order valence-electron chi connectivity index (χ4n) is 2.84. The van der Waals surface area contributed by atoms with Crippen molar-refractivity contribution in [2.45, 2.75) is 26.6 Å². The molecule has 1 unspecified atom stereocenters. The fourth-order valence-corrected chi connectivity index (χ4v) is 2.95. The zero-order chi connectivity index (χ0) is 17.3. The lowest BCUT2D eigenvalue weighted by molar-refractivity contribution is 0.397. The van der Waals surface area contributed by atoms with E-state index in [1.165, 1.54) is 16.7 Å². The molecule has 3 rings (SSSR count). The van der Waals surface area contributed by atoms with E-state index >= 15 is 0 Å². The van der Waals surface area contributed by atoms with E-state index < -0.39 is 5.79 Å². The van der Waals surface area contributed by atoms with Crippen LogP contribution in [0.1, 0.15) is 22.3 Å². The van der Waals surface area contributed by atoms with Crippen molar-refractivity contribution in [2.24, 2.45) is 10.7 Å². The lowest BCUT2D eigenvalue weighted by Crippen LogP contribution is -2.51. The average molecular weight is 342 g/mol. The van der Waals surface area contributed by atoms with Gasteiger partial charge in [0, 0.05) is 23.7 Å². The van der Waals surface area contributed by atoms with Gasteiger partial charge >= 0.3 is 0 Å². The first kappa shape index (κ1) is 16.5. The molecule has 0 saturated carbocycles. The second-order valence-corrected chi connectivity index (χ2v) is 6.41. The Hall–Kier alpha value is -2.37. The summed E-state index contributed by atoms with van der Waals surface area (Å²) >= 11 is 5.85. The molecule has 1 aliphatic heterocycles. The molecule has 0 aliphatic carbocycles. The summed E-state index contributed by atoms with van der Waals surface area (Å²) in [6.45, 7) is 6.25. The van der Waals surface area contributed by atoms with Crippen LogP contribution in [-0.4, -0.2) is 11.2 Å². The molecular weight excluding hydrogens is 322 g/mol. The number of pyridine rings is 1. The van der Waals surface area contributed by atoms with Crippen LogP contribution in [-0.2, 0) is 5.79 Å². The van der Waals surface area contributed by atoms with Crippen molar-refractivity contribution in [3.8, 4) is 0 Å². The molecule has 24 heavy (non-hydrogen) atoms. The van der Waals surface area contributed by atoms with Crippen LogP contribution in [0.4, 0.5) is 5.69 Å². The molecule has 2 heterocycles. The van der Waals surface area contributed by atoms with Crippen LogP contribution in [0.3, 0.4) is 0 Å². The van der Waals surface area contributed by atoms with E-state index in [9.17, 15) is 0 Å². The summed E-state index contributed by atoms with van der Waals surface area (Å²) in [5.74, 6) is -0.307. The van der Waals surface area contributed by atoms with Gasteiger partial charge in [-0.05, 0) is 50.1 Å². The van der Waals surface area contributed by atoms with Crippen LogP contribution >= 0.6 is 11.6 Å². The third-order valence-electron chi connectivity index (χ3n) is 3.95. The third-order valence-corrected chi connectivity index (χ3v) is 4.17. The summed E-state index contributed by atoms with van der Waals surface area (Å²) in [4.78, 5) is 8.43. The maximum Gasteiger partial charge on any atom is 0.211 e. The minimum atomic E-state index is -1.08. The lowest BCUT2D eigenvalue weighted by atomic mass is 10.0. The standard InChI is InChI=1S/C18H20ClN5/c1-11-8-12(2)17(13(3)9-11)23-16-6-7-22-18(20,24-16)14-4-5-15(19)21-10-14/h4-10,23-24H,20H2,1-3H3. The molecule has 0 radical (unpaired) electrons. The van der Waals surface area contributed by atoms with Crippen molar-refractivity contribution in [1.82, 2.24) is 10.3 Å². The average Bonchev–Trinajstić information content (AvgIpc) is 2.51. The molecule has 6 heteroatoms. The van der Waals surface area contributed by atoms with Crippen LogP contribution in [0.25, 0.3) is 0 Å². The van der Waals surface area contributed by atoms with E-state index in [0.29, 0.717) is 5.15 Å². The number of nitrogens with zero attached hydrogens (tertiary/aromatic N) is 2. The Balaban J connectivity index is 1.86. The van der Waals surface area contributed by atoms with Crippen LogP contribution in [0.5, 0.6) is 0 Å². The van der Waals surface area contributed by atoms with Gasteiger partial charge in [0.2, 0.25) is 5.79 Å². The number of hydrogen-bond donors (Lipinski definition) is 3. The van der Waals surface area contributed by atoms with E-state index in [0.717, 1.165) is 17.1 Å². The first-order valence-corrected chi connectivity index (χ1v) is 8.05. The van der Waals surface area contributed by atoms with Gasteiger partial charge in [-0.15, -0.1) is 0 Å². The second kappa shape index (κ2) is 6.26. The van der Waals surface area contributed by atoms with Gasteiger partial charge < -0.3 is 10.6 Å². The Labute approximate surface area is 146 Å². The Morgan fingerprint density at radius 1 is 1.17 bits per heavy atom. The van der Waals surface area contributed by atoms with E-state index in [1.54, 1.807) is 18.5 Å². The highest BCUT2D eigenvalue weighted by Crippen LogP contribution is 2.26. The number of aryl methyl sites for hydroxylation is 3. The SMILES string of the molecule is Cc1cc(C)c(NC2=CC=NC(N)(c3ccc(Cl)nc3)N2)c(C)c1. The number of halogens is 1. The molecule has 1 aromatic heterocycles. The number of rotatable bonds is 3. The largest absolute Gasteiger partial charge is 0.342 e. The quantitative estimate of drug-likeness (QED) is 0.748. The summed E-state index contributed by atoms with van der Waals surface area (Å²) in [5.41, 5.74) is 11.8. The predicted molar refractivity (Wildman–Crippen MR) is 99.1 cm³/mol. The van der Waals surface area contributed by atoms with Crippen LogP contribution in [0, 0.1) is 20.8 Å². The van der Waals surface area contributed by atoms with E-state index in [-0.39, 0.29) is 0 Å². The smallest absolute Gasteiger partial charge is 0.211 e. The molecule has 0 amide bonds. The minimum absolute atomic E-state index is 0.418. The van der Waals surface area contributed by atoms with Crippen LogP contribution in [0.15, 0.2) is 47.4 Å². The maximum absolute atomic E-state index is 6.40. The molecule has 0 saturated heterocycles. The van der Waals surface area contributed by atoms with E-state index in [1.807, 2.05) is 12.1 Å². The van der Waals surface area contributed by atoms with Gasteiger partial charge in [-0.2, -0.15) is 0 Å². The minimum Gasteiger partial charge on any atom is -0.342 e. The zero-order valence-corrected chi connectivity index (χ0v) is 14.6. The maximum atomic E-state index is 6.40. The first-order chi connectivity index (χ1) is 11.4. The van der Waals surface area contributed by atoms with Gasteiger partial charge in [-0.25, -0.2) is 9.98 Å². The Morgan fingerprint density at radius 2 is 1.88 bits per heavy atom. The number of aliphatic imine (C=N–C) groups is 1. The second-order valence-electron chi connectivity index (χ2n) is 6.02. The number of nitrogens with one attached hydrogen (secondary N) is 2. The molecule has 0 spiro atoms. The normalized spacial score (nSPS) is 19.6. The highest BCUT2D eigenvalue weighted by molar-refractivity contribution is 6.29. The zero-order valence-electron chi connectivity index (χ0n) is 13.9. The Bertz CT molecular complexity index is 803. The molecule has 1 aromatic carbocycles. The van der Waals surface area contributed by atoms with Gasteiger partial charge in [0.25, 0.3) is 0 Å². The van der Waals surface area contributed by atoms with E-state index in [2.05, 4.69) is 53.5 Å². The van der Waals surface area contributed by atoms with Crippen molar-refractivity contribution in [3.63, 3.8) is 0 Å². The number of allylic oxidation sites excluding steroid dienone is 1. The van der Waals surface area contributed by atoms with Crippen molar-refractivity contribution in [1.29, 1.82) is 0 Å². The highest BCUT2D eigenvalue weighted by atomic mass is 35.5. The molecule has 0 fully saturated rings. The monoisotopic (exact) mass is 341 g/mol. The molecule has 5 nitrogen and oxygen atoms in total. The van der Waals surface area contributed by atoms with Gasteiger partial charge in [0.05, 0.1) is 0 Å². The van der Waals surface area contributed by atoms with Crippen molar-refractivity contribution in [3.05, 3.63) is 69.8 Å². The summed E-state index contributed by atoms with van der Waals surface area (Å²) < 4.78 is 0. The topological polar surface area (TPSA) is 75.3 Å². The number of anilines is 1. The summed E-state index contributed by atoms with van der Waals surface area (Å²) in [5, 5.41) is 7.06. The van der Waals surface area contributed by atoms with Gasteiger partial charge in [0.1, 0.15) is 11.0 Å². The van der Waals surface area contributed by atoms with Crippen molar-refractivity contribution in [2.75, 3.05) is 5.32 Å². The summed E-state index contributed by atoms with van der Waals surface area (Å²) in [6.07, 6.45) is 5.16. The van der Waals surface area contributed by atoms with Gasteiger partial charge in [-0.1, -0.05) is 29.3 Å². The molecule has 124 valence electrons. The van der Waals surface area contributed by atoms with Crippen molar-refractivity contribution < 1.29 is 0 Å². The molecule has 1 aliphatic rings. The number of hydrogen-bond acceptors (Lipinski definition) is 5. The lowest BCUT2D eigenvalue weighted by Gasteiger charge is -2.32. The fraction of sp³-hybridized carbons (Fsp3) is 0.222. The summed E-state index contributed by atoms with van der Waals surface area (Å²) in [6, 6.07) is 7.80. The molecule has 0 bridgehead atoms. The summed E-state index contributed by atoms with van der Waals surface area (Å²) in [7, 11) is 0. The predicted octanol–water partition coefficient (Wildman–Crippen LogP) is 3.36. The highest BCUT2D eigenvalue weighted by Gasteiger charge is 2.29. The molecule has 2 aromatic rings. The van der Waals surface area contributed by atoms with Gasteiger partial charge in [0.15, 0.2) is 0 Å². The number of nitrogens with two attached hydrogens (primary N) is 1.